The minimum atomic E-state index is 0.202. The number of ether oxygens (including phenoxy) is 1. The molecule has 2 aliphatic rings. The number of pyridine rings is 1. The van der Waals surface area contributed by atoms with Crippen molar-refractivity contribution in [3.05, 3.63) is 194 Å². The summed E-state index contributed by atoms with van der Waals surface area (Å²) in [7, 11) is 0. The van der Waals surface area contributed by atoms with Crippen LogP contribution in [0.4, 0.5) is 0 Å². The Labute approximate surface area is 336 Å². The first-order valence-electron chi connectivity index (χ1n) is 20.3. The van der Waals surface area contributed by atoms with Gasteiger partial charge in [0.2, 0.25) is 0 Å². The Morgan fingerprint density at radius 3 is 1.79 bits per heavy atom. The second-order valence-electron chi connectivity index (χ2n) is 16.0. The van der Waals surface area contributed by atoms with Gasteiger partial charge in [-0.2, -0.15) is 0 Å². The van der Waals surface area contributed by atoms with E-state index in [0.29, 0.717) is 5.92 Å². The molecule has 0 radical (unpaired) electrons. The van der Waals surface area contributed by atoms with Gasteiger partial charge in [0, 0.05) is 56.2 Å². The molecule has 4 heteroatoms. The zero-order chi connectivity index (χ0) is 38.3. The Hall–Kier alpha value is -7.17. The molecule has 3 aromatic heterocycles. The zero-order valence-electron chi connectivity index (χ0n) is 32.1. The van der Waals surface area contributed by atoms with Crippen LogP contribution in [0.15, 0.2) is 188 Å². The Balaban J connectivity index is 1.04. The van der Waals surface area contributed by atoms with Gasteiger partial charge in [0.25, 0.3) is 0 Å². The summed E-state index contributed by atoms with van der Waals surface area (Å²) in [6.45, 7) is 2.28. The topological polar surface area (TPSA) is 32.0 Å². The molecule has 4 nitrogen and oxygen atoms in total. The van der Waals surface area contributed by atoms with Crippen molar-refractivity contribution in [2.45, 2.75) is 25.4 Å². The maximum atomic E-state index is 6.52. The van der Waals surface area contributed by atoms with E-state index >= 15 is 0 Å². The Morgan fingerprint density at radius 2 is 1.09 bits per heavy atom. The van der Waals surface area contributed by atoms with Crippen LogP contribution in [-0.2, 0) is 0 Å². The standard InChI is InChI=1S/C54H39N3O/c1-34-19-23-44-47-33-41(22-26-53(47)58-54(44)28-34)57-51-24-20-37(35-10-8-12-39(29-35)48-16-6-7-27-55-48)31-45(51)46-32-38(21-25-52(46)57)36-11-9-13-40(30-36)56-49-17-4-2-14-42(49)43-15-3-5-18-50(43)56/h2-27,29-34,44,54H,28H2,1H3. The summed E-state index contributed by atoms with van der Waals surface area (Å²) in [5.74, 6) is 1.83. The Kier molecular flexibility index (Phi) is 7.36. The van der Waals surface area contributed by atoms with E-state index in [2.05, 4.69) is 191 Å². The van der Waals surface area contributed by atoms with Crippen LogP contribution in [-0.4, -0.2) is 20.2 Å². The normalized spacial score (nSPS) is 17.2. The predicted octanol–water partition coefficient (Wildman–Crippen LogP) is 13.7. The van der Waals surface area contributed by atoms with Gasteiger partial charge in [-0.15, -0.1) is 0 Å². The highest BCUT2D eigenvalue weighted by Gasteiger charge is 2.36. The number of allylic oxidation sites excluding steroid dienone is 1. The molecular weight excluding hydrogens is 707 g/mol. The first kappa shape index (κ1) is 33.0. The van der Waals surface area contributed by atoms with Crippen molar-refractivity contribution in [3.63, 3.8) is 0 Å². The van der Waals surface area contributed by atoms with Crippen molar-refractivity contribution in [1.29, 1.82) is 0 Å². The van der Waals surface area contributed by atoms with Gasteiger partial charge in [-0.3, -0.25) is 4.98 Å². The molecule has 1 aliphatic carbocycles. The highest BCUT2D eigenvalue weighted by atomic mass is 16.5. The lowest BCUT2D eigenvalue weighted by molar-refractivity contribution is 0.188. The van der Waals surface area contributed by atoms with Crippen LogP contribution >= 0.6 is 0 Å². The summed E-state index contributed by atoms with van der Waals surface area (Å²) in [4.78, 5) is 4.64. The summed E-state index contributed by atoms with van der Waals surface area (Å²) in [6.07, 6.45) is 7.83. The van der Waals surface area contributed by atoms with E-state index in [1.54, 1.807) is 0 Å². The molecule has 10 aromatic rings. The van der Waals surface area contributed by atoms with Crippen LogP contribution in [0.2, 0.25) is 0 Å². The number of rotatable bonds is 5. The molecule has 0 spiro atoms. The number of fused-ring (bicyclic) bond motifs is 9. The Bertz CT molecular complexity index is 3220. The summed E-state index contributed by atoms with van der Waals surface area (Å²) in [5, 5.41) is 4.97. The molecule has 0 saturated heterocycles. The van der Waals surface area contributed by atoms with Crippen molar-refractivity contribution in [2.24, 2.45) is 5.92 Å². The maximum absolute atomic E-state index is 6.52. The maximum Gasteiger partial charge on any atom is 0.123 e. The van der Waals surface area contributed by atoms with E-state index in [1.165, 1.54) is 71.4 Å². The molecule has 0 bridgehead atoms. The van der Waals surface area contributed by atoms with E-state index in [0.717, 1.165) is 34.8 Å². The van der Waals surface area contributed by atoms with E-state index in [1.807, 2.05) is 18.3 Å². The molecule has 0 fully saturated rings. The molecule has 4 heterocycles. The molecule has 1 aliphatic heterocycles. The van der Waals surface area contributed by atoms with E-state index < -0.39 is 0 Å². The van der Waals surface area contributed by atoms with Crippen LogP contribution in [0, 0.1) is 5.92 Å². The molecular formula is C54H39N3O. The fourth-order valence-corrected chi connectivity index (χ4v) is 9.73. The molecule has 3 unspecified atom stereocenters. The van der Waals surface area contributed by atoms with Gasteiger partial charge in [0.1, 0.15) is 11.9 Å². The quantitative estimate of drug-likeness (QED) is 0.164. The van der Waals surface area contributed by atoms with Crippen molar-refractivity contribution in [2.75, 3.05) is 0 Å². The second kappa shape index (κ2) is 12.9. The van der Waals surface area contributed by atoms with Gasteiger partial charge < -0.3 is 13.9 Å². The van der Waals surface area contributed by atoms with Gasteiger partial charge in [0.15, 0.2) is 0 Å². The van der Waals surface area contributed by atoms with E-state index in [4.69, 9.17) is 4.74 Å². The summed E-state index contributed by atoms with van der Waals surface area (Å²) in [5.41, 5.74) is 15.2. The average molecular weight is 746 g/mol. The van der Waals surface area contributed by atoms with Crippen molar-refractivity contribution >= 4 is 43.6 Å². The molecule has 0 amide bonds. The third-order valence-corrected chi connectivity index (χ3v) is 12.5. The predicted molar refractivity (Wildman–Crippen MR) is 239 cm³/mol. The van der Waals surface area contributed by atoms with Crippen molar-refractivity contribution < 1.29 is 4.74 Å². The van der Waals surface area contributed by atoms with Gasteiger partial charge in [-0.25, -0.2) is 0 Å². The molecule has 0 saturated carbocycles. The summed E-state index contributed by atoms with van der Waals surface area (Å²) < 4.78 is 11.4. The van der Waals surface area contributed by atoms with Gasteiger partial charge in [0.05, 0.1) is 27.8 Å². The monoisotopic (exact) mass is 745 g/mol. The van der Waals surface area contributed by atoms with Crippen LogP contribution in [0.5, 0.6) is 5.75 Å². The molecule has 0 N–H and O–H groups in total. The van der Waals surface area contributed by atoms with Crippen LogP contribution in [0.25, 0.3) is 88.5 Å². The van der Waals surface area contributed by atoms with Crippen molar-refractivity contribution in [1.82, 2.24) is 14.1 Å². The minimum absolute atomic E-state index is 0.202. The minimum Gasteiger partial charge on any atom is -0.489 e. The number of para-hydroxylation sites is 2. The summed E-state index contributed by atoms with van der Waals surface area (Å²) in [6, 6.07) is 61.9. The van der Waals surface area contributed by atoms with Gasteiger partial charge >= 0.3 is 0 Å². The first-order chi connectivity index (χ1) is 28.6. The zero-order valence-corrected chi connectivity index (χ0v) is 32.1. The number of hydrogen-bond donors (Lipinski definition) is 0. The largest absolute Gasteiger partial charge is 0.489 e. The fourth-order valence-electron chi connectivity index (χ4n) is 9.73. The van der Waals surface area contributed by atoms with Gasteiger partial charge in [-0.05, 0) is 120 Å². The Morgan fingerprint density at radius 1 is 0.483 bits per heavy atom. The number of nitrogens with zero attached hydrogens (tertiary/aromatic N) is 3. The molecule has 7 aromatic carbocycles. The SMILES string of the molecule is CC1C=CC2c3cc(-n4c5ccc(-c6cccc(-c7ccccn7)c6)cc5c5cc(-c6cccc(-n7c8ccccc8c8ccccc87)c6)ccc54)ccc3OC2C1. The lowest BCUT2D eigenvalue weighted by Gasteiger charge is -2.23. The van der Waals surface area contributed by atoms with Crippen molar-refractivity contribution in [3.8, 4) is 50.6 Å². The fraction of sp³-hybridized carbons (Fsp3) is 0.0926. The molecule has 3 atom stereocenters. The lowest BCUT2D eigenvalue weighted by atomic mass is 9.84. The third kappa shape index (κ3) is 5.18. The van der Waals surface area contributed by atoms with Gasteiger partial charge in [-0.1, -0.05) is 104 Å². The second-order valence-corrected chi connectivity index (χ2v) is 16.0. The molecule has 276 valence electrons. The third-order valence-electron chi connectivity index (χ3n) is 12.5. The highest BCUT2D eigenvalue weighted by molar-refractivity contribution is 6.12. The van der Waals surface area contributed by atoms with E-state index in [9.17, 15) is 0 Å². The highest BCUT2D eigenvalue weighted by Crippen LogP contribution is 2.46. The van der Waals surface area contributed by atoms with Crippen LogP contribution in [0.1, 0.15) is 24.8 Å². The molecule has 12 rings (SSSR count). The number of hydrogen-bond acceptors (Lipinski definition) is 2. The van der Waals surface area contributed by atoms with E-state index in [-0.39, 0.29) is 12.0 Å². The first-order valence-corrected chi connectivity index (χ1v) is 20.3. The molecule has 58 heavy (non-hydrogen) atoms. The van der Waals surface area contributed by atoms with Crippen LogP contribution < -0.4 is 4.74 Å². The summed E-state index contributed by atoms with van der Waals surface area (Å²) >= 11 is 0. The lowest BCUT2D eigenvalue weighted by Crippen LogP contribution is -2.23. The smallest absolute Gasteiger partial charge is 0.123 e. The number of aromatic nitrogens is 3. The average Bonchev–Trinajstić information content (AvgIpc) is 3.93. The number of benzene rings is 7. The van der Waals surface area contributed by atoms with Crippen LogP contribution in [0.3, 0.4) is 0 Å².